The highest BCUT2D eigenvalue weighted by atomic mass is 32.1. The van der Waals surface area contributed by atoms with E-state index >= 15 is 0 Å². The lowest BCUT2D eigenvalue weighted by Crippen LogP contribution is -2.39. The average Bonchev–Trinajstić information content (AvgIpc) is 3.16. The maximum Gasteiger partial charge on any atom is 0.224 e. The second kappa shape index (κ2) is 6.56. The second-order valence-electron chi connectivity index (χ2n) is 5.79. The van der Waals surface area contributed by atoms with E-state index in [-0.39, 0.29) is 5.91 Å². The van der Waals surface area contributed by atoms with Gasteiger partial charge in [0.25, 0.3) is 0 Å². The van der Waals surface area contributed by atoms with Crippen LogP contribution in [0.3, 0.4) is 0 Å². The molecule has 1 atom stereocenters. The number of likely N-dealkylation sites (tertiary alicyclic amines) is 1. The zero-order chi connectivity index (χ0) is 15.5. The fourth-order valence-electron chi connectivity index (χ4n) is 2.80. The minimum atomic E-state index is 0.199. The molecule has 1 amide bonds. The van der Waals surface area contributed by atoms with Gasteiger partial charge in [-0.1, -0.05) is 5.21 Å². The maximum atomic E-state index is 12.4. The average molecular weight is 319 g/mol. The Bertz CT molecular complexity index is 617. The van der Waals surface area contributed by atoms with Crippen molar-refractivity contribution in [2.75, 3.05) is 13.1 Å². The van der Waals surface area contributed by atoms with E-state index in [9.17, 15) is 4.79 Å². The van der Waals surface area contributed by atoms with Crippen LogP contribution in [0.1, 0.15) is 40.8 Å². The van der Waals surface area contributed by atoms with Gasteiger partial charge >= 0.3 is 0 Å². The normalized spacial score (nSPS) is 18.6. The first kappa shape index (κ1) is 15.1. The standard InChI is InChI=1S/C15H21N5OS/c1-11-12(2)22-15(17-11)13-4-3-7-19(10-13)14(21)5-8-20-9-6-16-18-20/h6,9,13H,3-5,7-8,10H2,1-2H3/t13-/m0/s1. The van der Waals surface area contributed by atoms with Crippen LogP contribution < -0.4 is 0 Å². The van der Waals surface area contributed by atoms with Crippen LogP contribution in [0.25, 0.3) is 0 Å². The summed E-state index contributed by atoms with van der Waals surface area (Å²) in [6.45, 7) is 6.41. The first-order chi connectivity index (χ1) is 10.6. The maximum absolute atomic E-state index is 12.4. The fraction of sp³-hybridized carbons (Fsp3) is 0.600. The first-order valence-corrected chi connectivity index (χ1v) is 8.51. The third-order valence-corrected chi connectivity index (χ3v) is 5.43. The molecule has 22 heavy (non-hydrogen) atoms. The highest BCUT2D eigenvalue weighted by Crippen LogP contribution is 2.31. The van der Waals surface area contributed by atoms with Crippen molar-refractivity contribution in [3.63, 3.8) is 0 Å². The first-order valence-electron chi connectivity index (χ1n) is 7.69. The number of amides is 1. The molecule has 0 saturated carbocycles. The Morgan fingerprint density at radius 1 is 1.45 bits per heavy atom. The smallest absolute Gasteiger partial charge is 0.224 e. The molecule has 1 fully saturated rings. The molecule has 3 heterocycles. The number of aryl methyl sites for hydroxylation is 3. The molecule has 0 aromatic carbocycles. The van der Waals surface area contributed by atoms with Crippen LogP contribution in [-0.4, -0.2) is 43.9 Å². The van der Waals surface area contributed by atoms with Gasteiger partial charge < -0.3 is 4.90 Å². The van der Waals surface area contributed by atoms with Gasteiger partial charge in [0.2, 0.25) is 5.91 Å². The van der Waals surface area contributed by atoms with Gasteiger partial charge in [0.15, 0.2) is 0 Å². The zero-order valence-electron chi connectivity index (χ0n) is 13.0. The van der Waals surface area contributed by atoms with Crippen LogP contribution in [0.15, 0.2) is 12.4 Å². The van der Waals surface area contributed by atoms with E-state index in [4.69, 9.17) is 0 Å². The largest absolute Gasteiger partial charge is 0.342 e. The zero-order valence-corrected chi connectivity index (χ0v) is 13.8. The summed E-state index contributed by atoms with van der Waals surface area (Å²) in [5.41, 5.74) is 1.12. The van der Waals surface area contributed by atoms with Crippen LogP contribution in [0, 0.1) is 13.8 Å². The molecule has 0 N–H and O–H groups in total. The summed E-state index contributed by atoms with van der Waals surface area (Å²) in [5, 5.41) is 8.84. The van der Waals surface area contributed by atoms with Gasteiger partial charge in [0.1, 0.15) is 0 Å². The monoisotopic (exact) mass is 319 g/mol. The summed E-state index contributed by atoms with van der Waals surface area (Å²) in [6, 6.07) is 0. The third-order valence-electron chi connectivity index (χ3n) is 4.20. The number of hydrogen-bond donors (Lipinski definition) is 0. The van der Waals surface area contributed by atoms with Crippen molar-refractivity contribution in [2.45, 2.75) is 45.6 Å². The van der Waals surface area contributed by atoms with Crippen LogP contribution in [0.5, 0.6) is 0 Å². The predicted molar refractivity (Wildman–Crippen MR) is 84.8 cm³/mol. The number of rotatable bonds is 4. The Kier molecular flexibility index (Phi) is 4.52. The Hall–Kier alpha value is -1.76. The lowest BCUT2D eigenvalue weighted by atomic mass is 9.98. The van der Waals surface area contributed by atoms with Crippen LogP contribution >= 0.6 is 11.3 Å². The molecule has 0 aliphatic carbocycles. The second-order valence-corrected chi connectivity index (χ2v) is 7.02. The number of piperidine rings is 1. The van der Waals surface area contributed by atoms with Gasteiger partial charge in [0.05, 0.1) is 23.4 Å². The number of carbonyl (C=O) groups excluding carboxylic acids is 1. The summed E-state index contributed by atoms with van der Waals surface area (Å²) in [5.74, 6) is 0.590. The molecule has 3 rings (SSSR count). The van der Waals surface area contributed by atoms with Gasteiger partial charge in [-0.05, 0) is 26.7 Å². The molecule has 2 aromatic heterocycles. The number of thiazole rings is 1. The molecule has 0 radical (unpaired) electrons. The van der Waals surface area contributed by atoms with Crippen molar-refractivity contribution < 1.29 is 4.79 Å². The molecule has 2 aromatic rings. The minimum absolute atomic E-state index is 0.199. The molecular weight excluding hydrogens is 298 g/mol. The van der Waals surface area contributed by atoms with Crippen LogP contribution in [-0.2, 0) is 11.3 Å². The van der Waals surface area contributed by atoms with E-state index in [0.29, 0.717) is 18.9 Å². The SMILES string of the molecule is Cc1nc([C@H]2CCCN(C(=O)CCn3ccnn3)C2)sc1C. The number of nitrogens with zero attached hydrogens (tertiary/aromatic N) is 5. The molecule has 1 aliphatic heterocycles. The lowest BCUT2D eigenvalue weighted by Gasteiger charge is -2.32. The number of carbonyl (C=O) groups is 1. The quantitative estimate of drug-likeness (QED) is 0.866. The highest BCUT2D eigenvalue weighted by Gasteiger charge is 2.26. The van der Waals surface area contributed by atoms with E-state index in [1.807, 2.05) is 4.90 Å². The third kappa shape index (κ3) is 3.35. The van der Waals surface area contributed by atoms with Gasteiger partial charge in [-0.25, -0.2) is 4.98 Å². The number of aromatic nitrogens is 4. The van der Waals surface area contributed by atoms with Crippen molar-refractivity contribution in [1.29, 1.82) is 0 Å². The summed E-state index contributed by atoms with van der Waals surface area (Å²) in [7, 11) is 0. The summed E-state index contributed by atoms with van der Waals surface area (Å²) in [4.78, 5) is 20.3. The van der Waals surface area contributed by atoms with E-state index in [1.54, 1.807) is 28.4 Å². The van der Waals surface area contributed by atoms with Crippen molar-refractivity contribution in [3.05, 3.63) is 28.0 Å². The lowest BCUT2D eigenvalue weighted by molar-refractivity contribution is -0.132. The summed E-state index contributed by atoms with van der Waals surface area (Å²) >= 11 is 1.77. The molecule has 0 unspecified atom stereocenters. The molecule has 118 valence electrons. The highest BCUT2D eigenvalue weighted by molar-refractivity contribution is 7.11. The van der Waals surface area contributed by atoms with Gasteiger partial charge in [-0.15, -0.1) is 16.4 Å². The van der Waals surface area contributed by atoms with Crippen LogP contribution in [0.4, 0.5) is 0 Å². The van der Waals surface area contributed by atoms with E-state index in [1.165, 1.54) is 9.88 Å². The topological polar surface area (TPSA) is 63.9 Å². The van der Waals surface area contributed by atoms with E-state index < -0.39 is 0 Å². The van der Waals surface area contributed by atoms with Crippen molar-refractivity contribution in [1.82, 2.24) is 24.9 Å². The molecule has 1 saturated heterocycles. The molecule has 0 bridgehead atoms. The Morgan fingerprint density at radius 3 is 3.00 bits per heavy atom. The summed E-state index contributed by atoms with van der Waals surface area (Å²) in [6.07, 6.45) is 6.07. The molecule has 6 nitrogen and oxygen atoms in total. The Balaban J connectivity index is 1.58. The minimum Gasteiger partial charge on any atom is -0.342 e. The van der Waals surface area contributed by atoms with Crippen molar-refractivity contribution in [2.24, 2.45) is 0 Å². The van der Waals surface area contributed by atoms with Gasteiger partial charge in [0, 0.05) is 36.5 Å². The van der Waals surface area contributed by atoms with E-state index in [2.05, 4.69) is 29.1 Å². The molecule has 0 spiro atoms. The van der Waals surface area contributed by atoms with Gasteiger partial charge in [-0.3, -0.25) is 9.48 Å². The number of hydrogen-bond acceptors (Lipinski definition) is 5. The summed E-state index contributed by atoms with van der Waals surface area (Å²) < 4.78 is 1.70. The van der Waals surface area contributed by atoms with E-state index in [0.717, 1.165) is 31.6 Å². The predicted octanol–water partition coefficient (Wildman–Crippen LogP) is 2.15. The van der Waals surface area contributed by atoms with Gasteiger partial charge in [-0.2, -0.15) is 0 Å². The van der Waals surface area contributed by atoms with Crippen molar-refractivity contribution in [3.8, 4) is 0 Å². The Morgan fingerprint density at radius 2 is 2.32 bits per heavy atom. The van der Waals surface area contributed by atoms with Crippen LogP contribution in [0.2, 0.25) is 0 Å². The molecule has 7 heteroatoms. The molecule has 1 aliphatic rings. The molecular formula is C15H21N5OS. The fourth-order valence-corrected chi connectivity index (χ4v) is 3.85. The van der Waals surface area contributed by atoms with Crippen molar-refractivity contribution >= 4 is 17.2 Å². The Labute approximate surface area is 134 Å².